The van der Waals surface area contributed by atoms with Crippen molar-refractivity contribution in [3.63, 3.8) is 0 Å². The Morgan fingerprint density at radius 2 is 2.38 bits per heavy atom. The number of nitrogens with one attached hydrogen (secondary N) is 2. The smallest absolute Gasteiger partial charge is 0.259 e. The molecule has 1 fully saturated rings. The monoisotopic (exact) mass is 348 g/mol. The van der Waals surface area contributed by atoms with Crippen molar-refractivity contribution in [1.29, 1.82) is 0 Å². The number of pyridine rings is 1. The first-order valence-electron chi connectivity index (χ1n) is 7.72. The van der Waals surface area contributed by atoms with Crippen molar-refractivity contribution in [3.8, 4) is 0 Å². The molecule has 2 aromatic rings. The molecular formula is C15H20N6O2S. The van der Waals surface area contributed by atoms with Crippen molar-refractivity contribution in [2.24, 2.45) is 0 Å². The Morgan fingerprint density at radius 1 is 1.50 bits per heavy atom. The third kappa shape index (κ3) is 4.25. The topological polar surface area (TPSA) is 92.3 Å². The van der Waals surface area contributed by atoms with Crippen LogP contribution in [-0.4, -0.2) is 64.9 Å². The van der Waals surface area contributed by atoms with E-state index in [-0.39, 0.29) is 18.1 Å². The number of anilines is 2. The largest absolute Gasteiger partial charge is 0.373 e. The first-order chi connectivity index (χ1) is 11.6. The maximum absolute atomic E-state index is 12.1. The van der Waals surface area contributed by atoms with Crippen molar-refractivity contribution in [1.82, 2.24) is 20.1 Å². The molecule has 128 valence electrons. The van der Waals surface area contributed by atoms with E-state index in [1.165, 1.54) is 11.3 Å². The van der Waals surface area contributed by atoms with Crippen molar-refractivity contribution >= 4 is 28.2 Å². The molecule has 3 rings (SSSR count). The minimum Gasteiger partial charge on any atom is -0.373 e. The van der Waals surface area contributed by atoms with Crippen molar-refractivity contribution in [2.75, 3.05) is 37.4 Å². The van der Waals surface area contributed by atoms with Crippen LogP contribution in [0.15, 0.2) is 23.8 Å². The fourth-order valence-corrected chi connectivity index (χ4v) is 2.89. The fourth-order valence-electron chi connectivity index (χ4n) is 2.45. The van der Waals surface area contributed by atoms with Crippen LogP contribution in [0.25, 0.3) is 0 Å². The Labute approximate surface area is 144 Å². The van der Waals surface area contributed by atoms with E-state index < -0.39 is 0 Å². The molecule has 1 aliphatic rings. The summed E-state index contributed by atoms with van der Waals surface area (Å²) in [5, 5.41) is 13.9. The molecule has 0 aromatic carbocycles. The van der Waals surface area contributed by atoms with E-state index in [1.807, 2.05) is 0 Å². The molecule has 1 amide bonds. The molecule has 2 N–H and O–H groups in total. The first kappa shape index (κ1) is 16.7. The maximum Gasteiger partial charge on any atom is 0.259 e. The molecule has 0 bridgehead atoms. The van der Waals surface area contributed by atoms with Gasteiger partial charge in [-0.2, -0.15) is 0 Å². The summed E-state index contributed by atoms with van der Waals surface area (Å²) in [7, 11) is 2.09. The number of morpholine rings is 1. The van der Waals surface area contributed by atoms with E-state index in [0.29, 0.717) is 16.5 Å². The lowest BCUT2D eigenvalue weighted by atomic mass is 10.1. The molecule has 1 aliphatic heterocycles. The minimum atomic E-state index is -0.254. The van der Waals surface area contributed by atoms with Gasteiger partial charge in [0.05, 0.1) is 24.3 Å². The van der Waals surface area contributed by atoms with E-state index in [1.54, 1.807) is 23.8 Å². The number of carbonyl (C=O) groups excluding carboxylic acids is 1. The number of rotatable bonds is 5. The van der Waals surface area contributed by atoms with Gasteiger partial charge in [0.1, 0.15) is 11.3 Å². The molecule has 24 heavy (non-hydrogen) atoms. The zero-order valence-corrected chi connectivity index (χ0v) is 14.4. The Balaban J connectivity index is 1.56. The van der Waals surface area contributed by atoms with E-state index >= 15 is 0 Å². The third-order valence-corrected chi connectivity index (χ3v) is 4.44. The molecule has 3 heterocycles. The highest BCUT2D eigenvalue weighted by atomic mass is 32.1. The highest BCUT2D eigenvalue weighted by Gasteiger charge is 2.23. The van der Waals surface area contributed by atoms with Crippen LogP contribution in [0.5, 0.6) is 0 Å². The molecule has 0 spiro atoms. The fraction of sp³-hybridized carbons (Fsp3) is 0.467. The van der Waals surface area contributed by atoms with E-state index in [4.69, 9.17) is 4.74 Å². The van der Waals surface area contributed by atoms with Gasteiger partial charge in [0.2, 0.25) is 5.13 Å². The zero-order valence-electron chi connectivity index (χ0n) is 13.6. The molecule has 1 saturated heterocycles. The van der Waals surface area contributed by atoms with Gasteiger partial charge in [-0.1, -0.05) is 11.3 Å². The second-order valence-corrected chi connectivity index (χ2v) is 6.57. The number of hydrogen-bond donors (Lipinski definition) is 2. The SMILES string of the molecule is CC(Nc1ccc(C(=O)Nc2nncs2)cn1)C1CN(C)CCO1. The van der Waals surface area contributed by atoms with Crippen molar-refractivity contribution in [3.05, 3.63) is 29.4 Å². The number of ether oxygens (including phenoxy) is 1. The molecule has 2 unspecified atom stereocenters. The predicted octanol–water partition coefficient (Wildman–Crippen LogP) is 1.32. The summed E-state index contributed by atoms with van der Waals surface area (Å²) in [5.74, 6) is 0.461. The van der Waals surface area contributed by atoms with E-state index in [0.717, 1.165) is 19.7 Å². The van der Waals surface area contributed by atoms with Gasteiger partial charge in [-0.3, -0.25) is 10.1 Å². The van der Waals surface area contributed by atoms with Gasteiger partial charge in [0.15, 0.2) is 0 Å². The lowest BCUT2D eigenvalue weighted by molar-refractivity contribution is -0.0259. The van der Waals surface area contributed by atoms with Gasteiger partial charge in [-0.25, -0.2) is 4.98 Å². The number of hydrogen-bond acceptors (Lipinski definition) is 8. The molecule has 2 atom stereocenters. The number of aromatic nitrogens is 3. The number of nitrogens with zero attached hydrogens (tertiary/aromatic N) is 4. The second-order valence-electron chi connectivity index (χ2n) is 5.73. The summed E-state index contributed by atoms with van der Waals surface area (Å²) in [6, 6.07) is 3.64. The van der Waals surface area contributed by atoms with Gasteiger partial charge in [0, 0.05) is 19.3 Å². The average Bonchev–Trinajstić information content (AvgIpc) is 3.08. The molecule has 0 radical (unpaired) electrons. The molecule has 2 aromatic heterocycles. The minimum absolute atomic E-state index is 0.117. The number of likely N-dealkylation sites (N-methyl/N-ethyl adjacent to an activating group) is 1. The summed E-state index contributed by atoms with van der Waals surface area (Å²) < 4.78 is 5.80. The summed E-state index contributed by atoms with van der Waals surface area (Å²) in [6.07, 6.45) is 1.66. The van der Waals surface area contributed by atoms with Gasteiger partial charge in [0.25, 0.3) is 5.91 Å². The second kappa shape index (κ2) is 7.65. The Hall–Kier alpha value is -2.10. The molecule has 0 saturated carbocycles. The van der Waals surface area contributed by atoms with Crippen LogP contribution >= 0.6 is 11.3 Å². The van der Waals surface area contributed by atoms with Crippen LogP contribution in [0, 0.1) is 0 Å². The Bertz CT molecular complexity index is 663. The van der Waals surface area contributed by atoms with Gasteiger partial charge in [-0.15, -0.1) is 10.2 Å². The van der Waals surface area contributed by atoms with E-state index in [2.05, 4.69) is 44.7 Å². The molecule has 9 heteroatoms. The molecule has 8 nitrogen and oxygen atoms in total. The lowest BCUT2D eigenvalue weighted by Crippen LogP contribution is -2.47. The lowest BCUT2D eigenvalue weighted by Gasteiger charge is -2.34. The van der Waals surface area contributed by atoms with Crippen molar-refractivity contribution < 1.29 is 9.53 Å². The average molecular weight is 348 g/mol. The van der Waals surface area contributed by atoms with E-state index in [9.17, 15) is 4.79 Å². The third-order valence-electron chi connectivity index (χ3n) is 3.84. The van der Waals surface area contributed by atoms with Gasteiger partial charge >= 0.3 is 0 Å². The van der Waals surface area contributed by atoms with Gasteiger partial charge in [-0.05, 0) is 26.1 Å². The Morgan fingerprint density at radius 3 is 3.04 bits per heavy atom. The number of amides is 1. The van der Waals surface area contributed by atoms with Crippen LogP contribution in [0.3, 0.4) is 0 Å². The molecule has 0 aliphatic carbocycles. The van der Waals surface area contributed by atoms with Crippen LogP contribution < -0.4 is 10.6 Å². The quantitative estimate of drug-likeness (QED) is 0.842. The summed E-state index contributed by atoms with van der Waals surface area (Å²) in [4.78, 5) is 18.6. The summed E-state index contributed by atoms with van der Waals surface area (Å²) in [6.45, 7) is 4.66. The van der Waals surface area contributed by atoms with Crippen LogP contribution in [0.2, 0.25) is 0 Å². The number of carbonyl (C=O) groups is 1. The van der Waals surface area contributed by atoms with Crippen molar-refractivity contribution in [2.45, 2.75) is 19.1 Å². The standard InChI is InChI=1S/C15H20N6O2S/c1-10(12-8-21(2)5-6-23-12)18-13-4-3-11(7-16-13)14(22)19-15-20-17-9-24-15/h3-4,7,9-10,12H,5-6,8H2,1-2H3,(H,16,18)(H,19,20,22). The highest BCUT2D eigenvalue weighted by Crippen LogP contribution is 2.14. The highest BCUT2D eigenvalue weighted by molar-refractivity contribution is 7.13. The maximum atomic E-state index is 12.1. The normalized spacial score (nSPS) is 19.7. The van der Waals surface area contributed by atoms with Crippen LogP contribution in [0.4, 0.5) is 10.9 Å². The van der Waals surface area contributed by atoms with Crippen LogP contribution in [-0.2, 0) is 4.74 Å². The van der Waals surface area contributed by atoms with Crippen LogP contribution in [0.1, 0.15) is 17.3 Å². The van der Waals surface area contributed by atoms with Gasteiger partial charge < -0.3 is 15.0 Å². The summed E-state index contributed by atoms with van der Waals surface area (Å²) in [5.41, 5.74) is 2.03. The first-order valence-corrected chi connectivity index (χ1v) is 8.60. The predicted molar refractivity (Wildman–Crippen MR) is 92.4 cm³/mol. The Kier molecular flexibility index (Phi) is 5.34. The summed E-state index contributed by atoms with van der Waals surface area (Å²) >= 11 is 1.27. The molecular weight excluding hydrogens is 328 g/mol. The zero-order chi connectivity index (χ0) is 16.9.